The maximum absolute atomic E-state index is 13.1. The highest BCUT2D eigenvalue weighted by atomic mass is 19.1. The number of ether oxygens (including phenoxy) is 1. The Morgan fingerprint density at radius 3 is 2.35 bits per heavy atom. The zero-order valence-corrected chi connectivity index (χ0v) is 11.4. The van der Waals surface area contributed by atoms with Crippen LogP contribution in [-0.2, 0) is 6.61 Å². The van der Waals surface area contributed by atoms with Crippen LogP contribution < -0.4 is 4.74 Å². The predicted molar refractivity (Wildman–Crippen MR) is 72.5 cm³/mol. The van der Waals surface area contributed by atoms with Crippen LogP contribution >= 0.6 is 0 Å². The molecule has 0 spiro atoms. The molecule has 0 aliphatic rings. The molecule has 0 amide bonds. The Balaban J connectivity index is 2.18. The van der Waals surface area contributed by atoms with Gasteiger partial charge in [0.05, 0.1) is 6.10 Å². The van der Waals surface area contributed by atoms with Crippen molar-refractivity contribution in [1.82, 2.24) is 0 Å². The predicted octanol–water partition coefficient (Wildman–Crippen LogP) is 3.91. The summed E-state index contributed by atoms with van der Waals surface area (Å²) >= 11 is 0. The smallest absolute Gasteiger partial charge is 0.126 e. The Labute approximate surface area is 116 Å². The summed E-state index contributed by atoms with van der Waals surface area (Å²) in [6.07, 6.45) is -0.672. The Morgan fingerprint density at radius 2 is 1.75 bits per heavy atom. The monoisotopic (exact) mass is 278 g/mol. The zero-order chi connectivity index (χ0) is 14.7. The lowest BCUT2D eigenvalue weighted by atomic mass is 10.1. The second-order valence-electron chi connectivity index (χ2n) is 4.78. The van der Waals surface area contributed by atoms with Gasteiger partial charge in [-0.1, -0.05) is 11.6 Å². The number of aliphatic hydroxyl groups excluding tert-OH is 1. The lowest BCUT2D eigenvalue weighted by Gasteiger charge is -2.14. The molecule has 4 heteroatoms. The van der Waals surface area contributed by atoms with Gasteiger partial charge in [-0.05, 0) is 43.7 Å². The number of aryl methyl sites for hydroxylation is 1. The van der Waals surface area contributed by atoms with E-state index in [1.165, 1.54) is 12.1 Å². The van der Waals surface area contributed by atoms with Crippen LogP contribution in [0.1, 0.15) is 29.7 Å². The summed E-state index contributed by atoms with van der Waals surface area (Å²) in [5, 5.41) is 9.71. The van der Waals surface area contributed by atoms with Gasteiger partial charge in [-0.25, -0.2) is 8.78 Å². The minimum Gasteiger partial charge on any atom is -0.489 e. The molecule has 0 unspecified atom stereocenters. The van der Waals surface area contributed by atoms with Gasteiger partial charge in [0.2, 0.25) is 0 Å². The van der Waals surface area contributed by atoms with Crippen molar-refractivity contribution in [2.75, 3.05) is 0 Å². The molecule has 2 aromatic rings. The van der Waals surface area contributed by atoms with Gasteiger partial charge in [0.25, 0.3) is 0 Å². The average Bonchev–Trinajstić information content (AvgIpc) is 2.36. The molecule has 0 aliphatic carbocycles. The van der Waals surface area contributed by atoms with Gasteiger partial charge in [-0.15, -0.1) is 0 Å². The van der Waals surface area contributed by atoms with E-state index < -0.39 is 17.7 Å². The van der Waals surface area contributed by atoms with Crippen LogP contribution in [0.4, 0.5) is 8.78 Å². The van der Waals surface area contributed by atoms with Crippen LogP contribution in [0.3, 0.4) is 0 Å². The van der Waals surface area contributed by atoms with E-state index >= 15 is 0 Å². The Morgan fingerprint density at radius 1 is 1.10 bits per heavy atom. The van der Waals surface area contributed by atoms with Gasteiger partial charge in [-0.3, -0.25) is 0 Å². The third kappa shape index (κ3) is 3.54. The second kappa shape index (κ2) is 6.01. The van der Waals surface area contributed by atoms with E-state index in [2.05, 4.69) is 0 Å². The highest BCUT2D eigenvalue weighted by Gasteiger charge is 2.10. The van der Waals surface area contributed by atoms with Crippen molar-refractivity contribution >= 4 is 0 Å². The third-order valence-corrected chi connectivity index (χ3v) is 2.93. The largest absolute Gasteiger partial charge is 0.489 e. The zero-order valence-electron chi connectivity index (χ0n) is 11.4. The van der Waals surface area contributed by atoms with Gasteiger partial charge >= 0.3 is 0 Å². The molecule has 0 heterocycles. The molecule has 2 aromatic carbocycles. The van der Waals surface area contributed by atoms with Gasteiger partial charge < -0.3 is 9.84 Å². The van der Waals surface area contributed by atoms with E-state index in [1.54, 1.807) is 13.0 Å². The van der Waals surface area contributed by atoms with Crippen LogP contribution in [0.2, 0.25) is 0 Å². The molecule has 0 aliphatic heterocycles. The topological polar surface area (TPSA) is 29.5 Å². The summed E-state index contributed by atoms with van der Waals surface area (Å²) in [7, 11) is 0. The minimum absolute atomic E-state index is 0.0391. The Hall–Kier alpha value is -1.94. The summed E-state index contributed by atoms with van der Waals surface area (Å²) < 4.78 is 31.7. The van der Waals surface area contributed by atoms with Crippen molar-refractivity contribution < 1.29 is 18.6 Å². The molecular weight excluding hydrogens is 262 g/mol. The van der Waals surface area contributed by atoms with Gasteiger partial charge in [0, 0.05) is 11.6 Å². The van der Waals surface area contributed by atoms with Crippen molar-refractivity contribution in [3.8, 4) is 5.75 Å². The fourth-order valence-electron chi connectivity index (χ4n) is 1.98. The average molecular weight is 278 g/mol. The first kappa shape index (κ1) is 14.5. The summed E-state index contributed by atoms with van der Waals surface area (Å²) in [4.78, 5) is 0. The van der Waals surface area contributed by atoms with E-state index in [4.69, 9.17) is 4.74 Å². The SMILES string of the molecule is Cc1ccc(OCc2cc(F)cc(F)c2)c([C@@H](C)O)c1. The maximum atomic E-state index is 13.1. The summed E-state index contributed by atoms with van der Waals surface area (Å²) in [6.45, 7) is 3.60. The van der Waals surface area contributed by atoms with E-state index in [0.717, 1.165) is 11.6 Å². The van der Waals surface area contributed by atoms with E-state index in [1.807, 2.05) is 19.1 Å². The van der Waals surface area contributed by atoms with Crippen LogP contribution in [0.25, 0.3) is 0 Å². The molecule has 106 valence electrons. The van der Waals surface area contributed by atoms with Crippen LogP contribution in [-0.4, -0.2) is 5.11 Å². The van der Waals surface area contributed by atoms with Gasteiger partial charge in [0.1, 0.15) is 24.0 Å². The molecular formula is C16H16F2O2. The molecule has 0 saturated heterocycles. The van der Waals surface area contributed by atoms with Gasteiger partial charge in [0.15, 0.2) is 0 Å². The first-order valence-corrected chi connectivity index (χ1v) is 6.32. The maximum Gasteiger partial charge on any atom is 0.126 e. The number of hydrogen-bond donors (Lipinski definition) is 1. The number of benzene rings is 2. The lowest BCUT2D eigenvalue weighted by molar-refractivity contribution is 0.190. The summed E-state index contributed by atoms with van der Waals surface area (Å²) in [5.74, 6) is -0.762. The fourth-order valence-corrected chi connectivity index (χ4v) is 1.98. The van der Waals surface area contributed by atoms with Crippen LogP contribution in [0.15, 0.2) is 36.4 Å². The molecule has 0 fully saturated rings. The number of rotatable bonds is 4. The van der Waals surface area contributed by atoms with E-state index in [9.17, 15) is 13.9 Å². The summed E-state index contributed by atoms with van der Waals surface area (Å²) in [5.41, 5.74) is 2.06. The number of hydrogen-bond acceptors (Lipinski definition) is 2. The molecule has 0 bridgehead atoms. The molecule has 20 heavy (non-hydrogen) atoms. The van der Waals surface area contributed by atoms with E-state index in [-0.39, 0.29) is 6.61 Å². The first-order valence-electron chi connectivity index (χ1n) is 6.32. The van der Waals surface area contributed by atoms with Crippen molar-refractivity contribution in [3.63, 3.8) is 0 Å². The second-order valence-corrected chi connectivity index (χ2v) is 4.78. The molecule has 0 radical (unpaired) electrons. The fraction of sp³-hybridized carbons (Fsp3) is 0.250. The lowest BCUT2D eigenvalue weighted by Crippen LogP contribution is -2.02. The van der Waals surface area contributed by atoms with Crippen molar-refractivity contribution in [3.05, 3.63) is 64.7 Å². The van der Waals surface area contributed by atoms with Crippen LogP contribution in [0.5, 0.6) is 5.75 Å². The van der Waals surface area contributed by atoms with Crippen molar-refractivity contribution in [2.45, 2.75) is 26.6 Å². The molecule has 0 aromatic heterocycles. The molecule has 0 saturated carbocycles. The molecule has 1 atom stereocenters. The van der Waals surface area contributed by atoms with E-state index in [0.29, 0.717) is 16.9 Å². The van der Waals surface area contributed by atoms with Gasteiger partial charge in [-0.2, -0.15) is 0 Å². The first-order chi connectivity index (χ1) is 9.45. The van der Waals surface area contributed by atoms with Crippen molar-refractivity contribution in [2.24, 2.45) is 0 Å². The quantitative estimate of drug-likeness (QED) is 0.919. The molecule has 2 nitrogen and oxygen atoms in total. The molecule has 1 N–H and O–H groups in total. The Bertz CT molecular complexity index is 589. The molecule has 2 rings (SSSR count). The normalized spacial score (nSPS) is 12.2. The summed E-state index contributed by atoms with van der Waals surface area (Å²) in [6, 6.07) is 8.68. The standard InChI is InChI=1S/C16H16F2O2/c1-10-3-4-16(15(5-10)11(2)19)20-9-12-6-13(17)8-14(18)7-12/h3-8,11,19H,9H2,1-2H3/t11-/m1/s1. The highest BCUT2D eigenvalue weighted by molar-refractivity contribution is 5.38. The number of aliphatic hydroxyl groups is 1. The number of halogens is 2. The highest BCUT2D eigenvalue weighted by Crippen LogP contribution is 2.27. The van der Waals surface area contributed by atoms with Crippen LogP contribution in [0, 0.1) is 18.6 Å². The Kier molecular flexibility index (Phi) is 4.35. The van der Waals surface area contributed by atoms with Crippen molar-refractivity contribution in [1.29, 1.82) is 0 Å². The minimum atomic E-state index is -0.672. The third-order valence-electron chi connectivity index (χ3n) is 2.93.